The van der Waals surface area contributed by atoms with Crippen LogP contribution in [0.1, 0.15) is 0 Å². The number of rotatable bonds is 8. The van der Waals surface area contributed by atoms with Crippen LogP contribution in [0.4, 0.5) is 11.4 Å². The number of ether oxygens (including phenoxy) is 3. The van der Waals surface area contributed by atoms with Crippen molar-refractivity contribution in [3.63, 3.8) is 0 Å². The SMILES string of the molecule is O=[N+]([O-])c1ccc(Oc2ccc(Oc3ccc(Oc4ccc([N+](=O)[O-])c(O)c4)cc3)cc2)cc1O. The van der Waals surface area contributed by atoms with Crippen LogP contribution < -0.4 is 14.2 Å². The summed E-state index contributed by atoms with van der Waals surface area (Å²) in [6.07, 6.45) is 0. The molecular formula is C24H16N2O9. The van der Waals surface area contributed by atoms with Gasteiger partial charge in [-0.25, -0.2) is 0 Å². The van der Waals surface area contributed by atoms with E-state index in [0.717, 1.165) is 24.3 Å². The van der Waals surface area contributed by atoms with Gasteiger partial charge in [0.1, 0.15) is 34.5 Å². The Morgan fingerprint density at radius 3 is 1.00 bits per heavy atom. The highest BCUT2D eigenvalue weighted by Gasteiger charge is 2.15. The third-order valence-electron chi connectivity index (χ3n) is 4.64. The number of phenolic OH excluding ortho intramolecular Hbond substituents is 2. The van der Waals surface area contributed by atoms with Crippen LogP contribution in [0, 0.1) is 20.2 Å². The molecule has 11 nitrogen and oxygen atoms in total. The Kier molecular flexibility index (Phi) is 6.31. The predicted octanol–water partition coefficient (Wildman–Crippen LogP) is 6.29. The quantitative estimate of drug-likeness (QED) is 0.220. The largest absolute Gasteiger partial charge is 0.502 e. The number of nitrogens with zero attached hydrogens (tertiary/aromatic N) is 2. The standard InChI is InChI=1S/C24H16N2O9/c27-23-13-19(9-11-21(23)25(29)30)34-17-5-1-15(2-6-17)33-16-3-7-18(8-4-16)35-20-10-12-22(26(31)32)24(28)14-20/h1-14,27-28H. The lowest BCUT2D eigenvalue weighted by Gasteiger charge is -2.10. The topological polar surface area (TPSA) is 154 Å². The van der Waals surface area contributed by atoms with Gasteiger partial charge in [0.15, 0.2) is 11.5 Å². The highest BCUT2D eigenvalue weighted by Crippen LogP contribution is 2.34. The summed E-state index contributed by atoms with van der Waals surface area (Å²) in [6.45, 7) is 0. The molecule has 0 unspecified atom stereocenters. The molecule has 2 N–H and O–H groups in total. The molecule has 0 aliphatic rings. The molecule has 0 amide bonds. The molecule has 0 heterocycles. The summed E-state index contributed by atoms with van der Waals surface area (Å²) < 4.78 is 17.0. The predicted molar refractivity (Wildman–Crippen MR) is 123 cm³/mol. The van der Waals surface area contributed by atoms with E-state index < -0.39 is 32.7 Å². The van der Waals surface area contributed by atoms with Crippen LogP contribution in [0.3, 0.4) is 0 Å². The highest BCUT2D eigenvalue weighted by molar-refractivity contribution is 5.51. The molecule has 0 spiro atoms. The zero-order chi connectivity index (χ0) is 24.9. The van der Waals surface area contributed by atoms with Gasteiger partial charge in [0.2, 0.25) is 0 Å². The second kappa shape index (κ2) is 9.67. The number of hydrogen-bond acceptors (Lipinski definition) is 9. The van der Waals surface area contributed by atoms with Gasteiger partial charge >= 0.3 is 11.4 Å². The summed E-state index contributed by atoms with van der Waals surface area (Å²) in [7, 11) is 0. The van der Waals surface area contributed by atoms with E-state index in [1.54, 1.807) is 48.5 Å². The van der Waals surface area contributed by atoms with E-state index in [1.807, 2.05) is 0 Å². The molecule has 4 aromatic rings. The van der Waals surface area contributed by atoms with Gasteiger partial charge in [0.05, 0.1) is 9.85 Å². The highest BCUT2D eigenvalue weighted by atomic mass is 16.6. The van der Waals surface area contributed by atoms with Crippen molar-refractivity contribution in [3.05, 3.63) is 105 Å². The lowest BCUT2D eigenvalue weighted by Crippen LogP contribution is -1.90. The maximum Gasteiger partial charge on any atom is 0.310 e. The molecule has 35 heavy (non-hydrogen) atoms. The number of hydrogen-bond donors (Lipinski definition) is 2. The summed E-state index contributed by atoms with van der Waals surface area (Å²) in [5.41, 5.74) is -0.827. The molecule has 0 fully saturated rings. The first-order chi connectivity index (χ1) is 16.8. The molecule has 0 aliphatic heterocycles. The summed E-state index contributed by atoms with van der Waals surface area (Å²) in [5.74, 6) is 1.37. The second-order valence-electron chi connectivity index (χ2n) is 7.06. The van der Waals surface area contributed by atoms with E-state index in [9.17, 15) is 30.4 Å². The minimum Gasteiger partial charge on any atom is -0.502 e. The Bertz CT molecular complexity index is 1280. The number of phenols is 2. The van der Waals surface area contributed by atoms with Gasteiger partial charge in [-0.2, -0.15) is 0 Å². The van der Waals surface area contributed by atoms with Crippen molar-refractivity contribution in [3.8, 4) is 46.0 Å². The third kappa shape index (κ3) is 5.54. The van der Waals surface area contributed by atoms with Crippen molar-refractivity contribution in [2.45, 2.75) is 0 Å². The lowest BCUT2D eigenvalue weighted by molar-refractivity contribution is -0.386. The Hall–Kier alpha value is -5.32. The molecular weight excluding hydrogens is 460 g/mol. The minimum absolute atomic E-state index is 0.235. The molecule has 0 atom stereocenters. The van der Waals surface area contributed by atoms with Crippen LogP contribution in [0.15, 0.2) is 84.9 Å². The van der Waals surface area contributed by atoms with Crippen LogP contribution in [0.5, 0.6) is 46.0 Å². The van der Waals surface area contributed by atoms with Crippen molar-refractivity contribution in [2.24, 2.45) is 0 Å². The van der Waals surface area contributed by atoms with Gasteiger partial charge in [-0.3, -0.25) is 20.2 Å². The van der Waals surface area contributed by atoms with Crippen LogP contribution in [-0.2, 0) is 0 Å². The summed E-state index contributed by atoms with van der Waals surface area (Å²) in [4.78, 5) is 20.2. The average molecular weight is 476 g/mol. The molecule has 0 bridgehead atoms. The number of aromatic hydroxyl groups is 2. The zero-order valence-corrected chi connectivity index (χ0v) is 17.7. The first-order valence-corrected chi connectivity index (χ1v) is 9.97. The van der Waals surface area contributed by atoms with E-state index >= 15 is 0 Å². The fourth-order valence-electron chi connectivity index (χ4n) is 3.00. The van der Waals surface area contributed by atoms with Crippen molar-refractivity contribution in [1.82, 2.24) is 0 Å². The Balaban J connectivity index is 1.36. The molecule has 0 saturated heterocycles. The van der Waals surface area contributed by atoms with Gasteiger partial charge < -0.3 is 24.4 Å². The molecule has 11 heteroatoms. The van der Waals surface area contributed by atoms with Gasteiger partial charge in [0.25, 0.3) is 0 Å². The Labute approximate surface area is 197 Å². The van der Waals surface area contributed by atoms with E-state index in [0.29, 0.717) is 23.0 Å². The molecule has 176 valence electrons. The molecule has 0 aromatic heterocycles. The fraction of sp³-hybridized carbons (Fsp3) is 0. The van der Waals surface area contributed by atoms with Gasteiger partial charge in [-0.05, 0) is 60.7 Å². The summed E-state index contributed by atoms with van der Waals surface area (Å²) in [5, 5.41) is 41.0. The Morgan fingerprint density at radius 1 is 0.486 bits per heavy atom. The lowest BCUT2D eigenvalue weighted by atomic mass is 10.2. The second-order valence-corrected chi connectivity index (χ2v) is 7.06. The molecule has 0 aliphatic carbocycles. The minimum atomic E-state index is -0.690. The smallest absolute Gasteiger partial charge is 0.310 e. The monoisotopic (exact) mass is 476 g/mol. The van der Waals surface area contributed by atoms with E-state index in [-0.39, 0.29) is 11.5 Å². The van der Waals surface area contributed by atoms with Gasteiger partial charge in [-0.15, -0.1) is 0 Å². The van der Waals surface area contributed by atoms with Crippen molar-refractivity contribution in [1.29, 1.82) is 0 Å². The first-order valence-electron chi connectivity index (χ1n) is 9.97. The van der Waals surface area contributed by atoms with Gasteiger partial charge in [-0.1, -0.05) is 0 Å². The summed E-state index contributed by atoms with van der Waals surface area (Å²) in [6, 6.07) is 20.5. The fourth-order valence-corrected chi connectivity index (χ4v) is 3.00. The molecule has 4 aromatic carbocycles. The van der Waals surface area contributed by atoms with E-state index in [1.165, 1.54) is 12.1 Å². The molecule has 4 rings (SSSR count). The average Bonchev–Trinajstić information content (AvgIpc) is 2.81. The summed E-state index contributed by atoms with van der Waals surface area (Å²) >= 11 is 0. The van der Waals surface area contributed by atoms with E-state index in [2.05, 4.69) is 0 Å². The third-order valence-corrected chi connectivity index (χ3v) is 4.64. The van der Waals surface area contributed by atoms with Crippen LogP contribution in [-0.4, -0.2) is 20.1 Å². The maximum absolute atomic E-state index is 10.8. The zero-order valence-electron chi connectivity index (χ0n) is 17.7. The van der Waals surface area contributed by atoms with Crippen molar-refractivity contribution >= 4 is 11.4 Å². The first kappa shape index (κ1) is 22.9. The van der Waals surface area contributed by atoms with E-state index in [4.69, 9.17) is 14.2 Å². The van der Waals surface area contributed by atoms with Gasteiger partial charge in [0, 0.05) is 24.3 Å². The number of nitro benzene ring substituents is 2. The maximum atomic E-state index is 10.8. The van der Waals surface area contributed by atoms with Crippen LogP contribution >= 0.6 is 0 Å². The van der Waals surface area contributed by atoms with Crippen molar-refractivity contribution in [2.75, 3.05) is 0 Å². The number of benzene rings is 4. The number of nitro groups is 2. The van der Waals surface area contributed by atoms with Crippen molar-refractivity contribution < 1.29 is 34.3 Å². The van der Waals surface area contributed by atoms with Crippen LogP contribution in [0.2, 0.25) is 0 Å². The Morgan fingerprint density at radius 2 is 0.743 bits per heavy atom. The normalized spacial score (nSPS) is 10.4. The van der Waals surface area contributed by atoms with Crippen LogP contribution in [0.25, 0.3) is 0 Å². The molecule has 0 saturated carbocycles. The molecule has 0 radical (unpaired) electrons.